The maximum absolute atomic E-state index is 12.2. The van der Waals surface area contributed by atoms with Gasteiger partial charge in [0.1, 0.15) is 5.01 Å². The molecule has 0 aliphatic heterocycles. The first-order valence-electron chi connectivity index (χ1n) is 7.85. The van der Waals surface area contributed by atoms with Gasteiger partial charge in [-0.05, 0) is 37.4 Å². The van der Waals surface area contributed by atoms with E-state index in [1.165, 1.54) is 0 Å². The van der Waals surface area contributed by atoms with Gasteiger partial charge in [-0.2, -0.15) is 0 Å². The van der Waals surface area contributed by atoms with E-state index in [-0.39, 0.29) is 36.8 Å². The van der Waals surface area contributed by atoms with Crippen molar-refractivity contribution < 1.29 is 4.79 Å². The Balaban J connectivity index is 0.00000156. The second-order valence-electron chi connectivity index (χ2n) is 5.93. The van der Waals surface area contributed by atoms with Gasteiger partial charge in [0.15, 0.2) is 0 Å². The molecule has 4 nitrogen and oxygen atoms in total. The third-order valence-corrected chi connectivity index (χ3v) is 5.71. The zero-order valence-corrected chi connectivity index (χ0v) is 17.6. The first-order valence-corrected chi connectivity index (χ1v) is 9.52. The van der Waals surface area contributed by atoms with E-state index in [1.807, 2.05) is 29.6 Å². The van der Waals surface area contributed by atoms with Gasteiger partial charge in [0.05, 0.1) is 12.1 Å². The molecule has 2 atom stereocenters. The topological polar surface area (TPSA) is 68.0 Å². The molecule has 8 heteroatoms. The van der Waals surface area contributed by atoms with Gasteiger partial charge in [-0.1, -0.05) is 34.5 Å². The normalized spacial score (nSPS) is 19.0. The molecule has 0 radical (unpaired) electrons. The molecule has 3 rings (SSSR count). The Kier molecular flexibility index (Phi) is 9.38. The molecule has 0 saturated heterocycles. The molecule has 1 aliphatic carbocycles. The Hall–Kier alpha value is -0.660. The molecule has 1 aromatic heterocycles. The average molecular weight is 467 g/mol. The maximum atomic E-state index is 12.2. The zero-order chi connectivity index (χ0) is 16.2. The predicted octanol–water partition coefficient (Wildman–Crippen LogP) is 4.20. The van der Waals surface area contributed by atoms with Crippen LogP contribution in [0, 0.1) is 5.92 Å². The van der Waals surface area contributed by atoms with E-state index in [0.717, 1.165) is 40.0 Å². The summed E-state index contributed by atoms with van der Waals surface area (Å²) in [5, 5.41) is 6.03. The van der Waals surface area contributed by atoms with Crippen LogP contribution in [0.5, 0.6) is 0 Å². The van der Waals surface area contributed by atoms with Crippen molar-refractivity contribution in [2.45, 2.75) is 31.7 Å². The van der Waals surface area contributed by atoms with Crippen molar-refractivity contribution in [3.8, 4) is 10.6 Å². The van der Waals surface area contributed by atoms with E-state index in [0.29, 0.717) is 18.9 Å². The lowest BCUT2D eigenvalue weighted by Crippen LogP contribution is -2.40. The Bertz CT molecular complexity index is 698. The molecule has 25 heavy (non-hydrogen) atoms. The van der Waals surface area contributed by atoms with Crippen LogP contribution in [-0.4, -0.2) is 23.5 Å². The number of thiazole rings is 1. The van der Waals surface area contributed by atoms with Gasteiger partial charge in [0.25, 0.3) is 0 Å². The third-order valence-electron chi connectivity index (χ3n) is 4.27. The van der Waals surface area contributed by atoms with Crippen LogP contribution < -0.4 is 11.1 Å². The molecule has 0 spiro atoms. The number of nitrogens with two attached hydrogens (primary N) is 1. The Labute approximate surface area is 172 Å². The number of hydrogen-bond donors (Lipinski definition) is 2. The zero-order valence-electron chi connectivity index (χ0n) is 13.6. The van der Waals surface area contributed by atoms with Crippen molar-refractivity contribution in [2.24, 2.45) is 11.7 Å². The standard InChI is InChI=1S/C17H20BrN3OS.2ClH/c18-13-5-1-3-11(7-13)17-20-14(10-23-17)8-16(22)21-15-6-2-4-12(15)9-19;;/h1,3,5,7,10,12,15H,2,4,6,8-9,19H2,(H,21,22);2*1H. The number of halogens is 3. The van der Waals surface area contributed by atoms with Gasteiger partial charge < -0.3 is 11.1 Å². The molecule has 0 bridgehead atoms. The second-order valence-corrected chi connectivity index (χ2v) is 7.71. The minimum Gasteiger partial charge on any atom is -0.353 e. The minimum atomic E-state index is 0. The molecule has 1 aliphatic rings. The van der Waals surface area contributed by atoms with Crippen molar-refractivity contribution in [1.82, 2.24) is 10.3 Å². The highest BCUT2D eigenvalue weighted by molar-refractivity contribution is 9.10. The molecule has 138 valence electrons. The van der Waals surface area contributed by atoms with Gasteiger partial charge in [0.2, 0.25) is 5.91 Å². The minimum absolute atomic E-state index is 0. The number of benzene rings is 1. The van der Waals surface area contributed by atoms with Crippen LogP contribution in [0.25, 0.3) is 10.6 Å². The van der Waals surface area contributed by atoms with Crippen molar-refractivity contribution >= 4 is 58.0 Å². The van der Waals surface area contributed by atoms with Crippen molar-refractivity contribution in [1.29, 1.82) is 0 Å². The highest BCUT2D eigenvalue weighted by Gasteiger charge is 2.27. The maximum Gasteiger partial charge on any atom is 0.226 e. The van der Waals surface area contributed by atoms with E-state index in [1.54, 1.807) is 11.3 Å². The summed E-state index contributed by atoms with van der Waals surface area (Å²) in [6, 6.07) is 8.27. The molecule has 1 aromatic carbocycles. The van der Waals surface area contributed by atoms with Crippen LogP contribution in [0.1, 0.15) is 25.0 Å². The predicted molar refractivity (Wildman–Crippen MR) is 112 cm³/mol. The second kappa shape index (κ2) is 10.5. The molecule has 1 amide bonds. The van der Waals surface area contributed by atoms with Crippen LogP contribution in [0.2, 0.25) is 0 Å². The molecule has 1 heterocycles. The summed E-state index contributed by atoms with van der Waals surface area (Å²) in [6.07, 6.45) is 3.63. The molecular formula is C17H22BrCl2N3OS. The highest BCUT2D eigenvalue weighted by Crippen LogP contribution is 2.27. The summed E-state index contributed by atoms with van der Waals surface area (Å²) in [7, 11) is 0. The van der Waals surface area contributed by atoms with E-state index < -0.39 is 0 Å². The van der Waals surface area contributed by atoms with Crippen molar-refractivity contribution in [3.63, 3.8) is 0 Å². The fraction of sp³-hybridized carbons (Fsp3) is 0.412. The smallest absolute Gasteiger partial charge is 0.226 e. The molecule has 1 saturated carbocycles. The number of hydrogen-bond acceptors (Lipinski definition) is 4. The molecular weight excluding hydrogens is 445 g/mol. The first-order chi connectivity index (χ1) is 11.2. The number of amides is 1. The highest BCUT2D eigenvalue weighted by atomic mass is 79.9. The summed E-state index contributed by atoms with van der Waals surface area (Å²) < 4.78 is 1.03. The van der Waals surface area contributed by atoms with Crippen LogP contribution in [0.4, 0.5) is 0 Å². The van der Waals surface area contributed by atoms with Gasteiger partial charge in [0, 0.05) is 21.5 Å². The number of nitrogens with one attached hydrogen (secondary N) is 1. The lowest BCUT2D eigenvalue weighted by Gasteiger charge is -2.19. The molecule has 2 aromatic rings. The largest absolute Gasteiger partial charge is 0.353 e. The van der Waals surface area contributed by atoms with Gasteiger partial charge in [-0.3, -0.25) is 4.79 Å². The fourth-order valence-corrected chi connectivity index (χ4v) is 4.29. The number of rotatable bonds is 5. The summed E-state index contributed by atoms with van der Waals surface area (Å²) in [5.74, 6) is 0.466. The van der Waals surface area contributed by atoms with Crippen LogP contribution >= 0.6 is 52.1 Å². The number of carbonyl (C=O) groups excluding carboxylic acids is 1. The Morgan fingerprint density at radius 2 is 2.16 bits per heavy atom. The van der Waals surface area contributed by atoms with Crippen molar-refractivity contribution in [3.05, 3.63) is 39.8 Å². The first kappa shape index (κ1) is 22.4. The third kappa shape index (κ3) is 5.93. The quantitative estimate of drug-likeness (QED) is 0.693. The molecule has 2 unspecified atom stereocenters. The van der Waals surface area contributed by atoms with E-state index in [4.69, 9.17) is 5.73 Å². The van der Waals surface area contributed by atoms with Crippen molar-refractivity contribution in [2.75, 3.05) is 6.54 Å². The summed E-state index contributed by atoms with van der Waals surface area (Å²) in [4.78, 5) is 16.8. The summed E-state index contributed by atoms with van der Waals surface area (Å²) in [5.41, 5.74) is 7.66. The van der Waals surface area contributed by atoms with E-state index in [2.05, 4.69) is 26.2 Å². The van der Waals surface area contributed by atoms with Gasteiger partial charge in [-0.15, -0.1) is 36.2 Å². The lowest BCUT2D eigenvalue weighted by atomic mass is 10.0. The molecule has 1 fully saturated rings. The van der Waals surface area contributed by atoms with Crippen LogP contribution in [-0.2, 0) is 11.2 Å². The van der Waals surface area contributed by atoms with Gasteiger partial charge in [-0.25, -0.2) is 4.98 Å². The molecule has 3 N–H and O–H groups in total. The number of aromatic nitrogens is 1. The average Bonchev–Trinajstić information content (AvgIpc) is 3.16. The van der Waals surface area contributed by atoms with Gasteiger partial charge >= 0.3 is 0 Å². The number of carbonyl (C=O) groups is 1. The fourth-order valence-electron chi connectivity index (χ4n) is 3.07. The van der Waals surface area contributed by atoms with Crippen LogP contribution in [0.15, 0.2) is 34.1 Å². The SMILES string of the molecule is Cl.Cl.NCC1CCCC1NC(=O)Cc1csc(-c2cccc(Br)c2)n1. The van der Waals surface area contributed by atoms with Crippen LogP contribution in [0.3, 0.4) is 0 Å². The number of nitrogens with zero attached hydrogens (tertiary/aromatic N) is 1. The monoisotopic (exact) mass is 465 g/mol. The van der Waals surface area contributed by atoms with E-state index >= 15 is 0 Å². The summed E-state index contributed by atoms with van der Waals surface area (Å²) >= 11 is 5.04. The lowest BCUT2D eigenvalue weighted by molar-refractivity contribution is -0.121. The Morgan fingerprint density at radius 3 is 2.88 bits per heavy atom. The van der Waals surface area contributed by atoms with E-state index in [9.17, 15) is 4.79 Å². The summed E-state index contributed by atoms with van der Waals surface area (Å²) in [6.45, 7) is 0.648. The Morgan fingerprint density at radius 1 is 1.36 bits per heavy atom.